The molecule has 0 saturated carbocycles. The summed E-state index contributed by atoms with van der Waals surface area (Å²) < 4.78 is 1.93. The van der Waals surface area contributed by atoms with Gasteiger partial charge in [0.15, 0.2) is 6.10 Å². The number of rotatable bonds is 6. The number of carbonyl (C=O) groups excluding carboxylic acids is 1. The third kappa shape index (κ3) is 4.16. The molecular weight excluding hydrogens is 266 g/mol. The Labute approximate surface area is 124 Å². The molecule has 1 amide bonds. The van der Waals surface area contributed by atoms with E-state index in [2.05, 4.69) is 10.4 Å². The van der Waals surface area contributed by atoms with Crippen molar-refractivity contribution in [2.45, 2.75) is 32.9 Å². The Kier molecular flexibility index (Phi) is 5.11. The third-order valence-electron chi connectivity index (χ3n) is 3.31. The highest BCUT2D eigenvalue weighted by Gasteiger charge is 2.15. The van der Waals surface area contributed by atoms with E-state index in [1.807, 2.05) is 30.7 Å². The van der Waals surface area contributed by atoms with Crippen molar-refractivity contribution in [1.29, 1.82) is 0 Å². The number of carbonyl (C=O) groups is 1. The van der Waals surface area contributed by atoms with E-state index in [1.54, 1.807) is 24.3 Å². The zero-order chi connectivity index (χ0) is 15.2. The first-order chi connectivity index (χ1) is 10.1. The monoisotopic (exact) mass is 287 g/mol. The number of hydrogen-bond donors (Lipinski definition) is 2. The summed E-state index contributed by atoms with van der Waals surface area (Å²) in [5.41, 5.74) is 2.72. The predicted octanol–water partition coefficient (Wildman–Crippen LogP) is 1.74. The lowest BCUT2D eigenvalue weighted by molar-refractivity contribution is -0.129. The van der Waals surface area contributed by atoms with E-state index in [9.17, 15) is 9.90 Å². The summed E-state index contributed by atoms with van der Waals surface area (Å²) in [6.07, 6.45) is -0.338. The Morgan fingerprint density at radius 3 is 2.67 bits per heavy atom. The summed E-state index contributed by atoms with van der Waals surface area (Å²) in [5.74, 6) is -0.366. The SMILES string of the molecule is Cc1cc(C)n(CCCNC(=O)C(O)c2ccccc2)n1. The second kappa shape index (κ2) is 7.04. The predicted molar refractivity (Wildman–Crippen MR) is 80.7 cm³/mol. The van der Waals surface area contributed by atoms with Crippen LogP contribution in [0.1, 0.15) is 29.5 Å². The minimum absolute atomic E-state index is 0.366. The zero-order valence-electron chi connectivity index (χ0n) is 12.4. The normalized spacial score (nSPS) is 12.1. The molecule has 0 aliphatic heterocycles. The van der Waals surface area contributed by atoms with Crippen LogP contribution in [0.5, 0.6) is 0 Å². The van der Waals surface area contributed by atoms with Crippen LogP contribution >= 0.6 is 0 Å². The smallest absolute Gasteiger partial charge is 0.253 e. The molecular formula is C16H21N3O2. The van der Waals surface area contributed by atoms with Crippen molar-refractivity contribution in [3.63, 3.8) is 0 Å². The average Bonchev–Trinajstić information content (AvgIpc) is 2.81. The van der Waals surface area contributed by atoms with E-state index in [4.69, 9.17) is 0 Å². The number of benzene rings is 1. The van der Waals surface area contributed by atoms with Gasteiger partial charge in [0.1, 0.15) is 0 Å². The van der Waals surface area contributed by atoms with Crippen molar-refractivity contribution in [3.8, 4) is 0 Å². The molecule has 1 unspecified atom stereocenters. The van der Waals surface area contributed by atoms with Gasteiger partial charge in [-0.15, -0.1) is 0 Å². The number of nitrogens with zero attached hydrogens (tertiary/aromatic N) is 2. The van der Waals surface area contributed by atoms with Gasteiger partial charge in [0, 0.05) is 18.8 Å². The number of aliphatic hydroxyl groups is 1. The van der Waals surface area contributed by atoms with Gasteiger partial charge in [0.05, 0.1) is 5.69 Å². The molecule has 0 aliphatic carbocycles. The van der Waals surface area contributed by atoms with Crippen LogP contribution in [0.2, 0.25) is 0 Å². The molecule has 5 heteroatoms. The van der Waals surface area contributed by atoms with E-state index in [1.165, 1.54) is 0 Å². The Bertz CT molecular complexity index is 593. The molecule has 0 aliphatic rings. The van der Waals surface area contributed by atoms with Gasteiger partial charge in [-0.25, -0.2) is 0 Å². The Morgan fingerprint density at radius 1 is 1.33 bits per heavy atom. The molecule has 1 atom stereocenters. The van der Waals surface area contributed by atoms with Crippen molar-refractivity contribution in [3.05, 3.63) is 53.3 Å². The number of aromatic nitrogens is 2. The fourth-order valence-electron chi connectivity index (χ4n) is 2.23. The van der Waals surface area contributed by atoms with E-state index < -0.39 is 6.10 Å². The molecule has 2 rings (SSSR count). The Balaban J connectivity index is 1.76. The molecule has 112 valence electrons. The fraction of sp³-hybridized carbons (Fsp3) is 0.375. The van der Waals surface area contributed by atoms with Gasteiger partial charge >= 0.3 is 0 Å². The summed E-state index contributed by atoms with van der Waals surface area (Å²) in [4.78, 5) is 11.8. The van der Waals surface area contributed by atoms with E-state index in [0.717, 1.165) is 24.4 Å². The molecule has 1 heterocycles. The Morgan fingerprint density at radius 2 is 2.05 bits per heavy atom. The molecule has 0 fully saturated rings. The van der Waals surface area contributed by atoms with Crippen LogP contribution in [0.15, 0.2) is 36.4 Å². The number of hydrogen-bond acceptors (Lipinski definition) is 3. The minimum atomic E-state index is -1.11. The largest absolute Gasteiger partial charge is 0.378 e. The highest BCUT2D eigenvalue weighted by Crippen LogP contribution is 2.11. The maximum Gasteiger partial charge on any atom is 0.253 e. The lowest BCUT2D eigenvalue weighted by Crippen LogP contribution is -2.30. The first-order valence-electron chi connectivity index (χ1n) is 7.09. The van der Waals surface area contributed by atoms with Crippen molar-refractivity contribution in [1.82, 2.24) is 15.1 Å². The quantitative estimate of drug-likeness (QED) is 0.795. The summed E-state index contributed by atoms with van der Waals surface area (Å²) in [5, 5.41) is 17.0. The molecule has 0 radical (unpaired) electrons. The molecule has 0 saturated heterocycles. The lowest BCUT2D eigenvalue weighted by Gasteiger charge is -2.11. The highest BCUT2D eigenvalue weighted by molar-refractivity contribution is 5.81. The first kappa shape index (κ1) is 15.3. The third-order valence-corrected chi connectivity index (χ3v) is 3.31. The van der Waals surface area contributed by atoms with Crippen molar-refractivity contribution >= 4 is 5.91 Å². The molecule has 0 spiro atoms. The van der Waals surface area contributed by atoms with Crippen LogP contribution in [0.25, 0.3) is 0 Å². The number of nitrogens with one attached hydrogen (secondary N) is 1. The van der Waals surface area contributed by atoms with Gasteiger partial charge in [-0.1, -0.05) is 30.3 Å². The molecule has 0 bridgehead atoms. The topological polar surface area (TPSA) is 67.2 Å². The average molecular weight is 287 g/mol. The molecule has 5 nitrogen and oxygen atoms in total. The van der Waals surface area contributed by atoms with Crippen LogP contribution in [-0.2, 0) is 11.3 Å². The molecule has 21 heavy (non-hydrogen) atoms. The van der Waals surface area contributed by atoms with Crippen LogP contribution in [0.3, 0.4) is 0 Å². The second-order valence-corrected chi connectivity index (χ2v) is 5.11. The van der Waals surface area contributed by atoms with E-state index >= 15 is 0 Å². The van der Waals surface area contributed by atoms with Crippen LogP contribution < -0.4 is 5.32 Å². The standard InChI is InChI=1S/C16H21N3O2/c1-12-11-13(2)19(18-12)10-6-9-17-16(21)15(20)14-7-4-3-5-8-14/h3-5,7-8,11,15,20H,6,9-10H2,1-2H3,(H,17,21). The maximum atomic E-state index is 11.8. The summed E-state index contributed by atoms with van der Waals surface area (Å²) in [7, 11) is 0. The number of amides is 1. The summed E-state index contributed by atoms with van der Waals surface area (Å²) in [6.45, 7) is 5.24. The number of aryl methyl sites for hydroxylation is 3. The van der Waals surface area contributed by atoms with Gasteiger partial charge < -0.3 is 10.4 Å². The van der Waals surface area contributed by atoms with Crippen molar-refractivity contribution < 1.29 is 9.90 Å². The fourth-order valence-corrected chi connectivity index (χ4v) is 2.23. The summed E-state index contributed by atoms with van der Waals surface area (Å²) >= 11 is 0. The van der Waals surface area contributed by atoms with Crippen LogP contribution in [0, 0.1) is 13.8 Å². The molecule has 1 aromatic heterocycles. The van der Waals surface area contributed by atoms with Gasteiger partial charge in [-0.3, -0.25) is 9.48 Å². The van der Waals surface area contributed by atoms with E-state index in [0.29, 0.717) is 12.1 Å². The molecule has 2 aromatic rings. The van der Waals surface area contributed by atoms with Crippen molar-refractivity contribution in [2.75, 3.05) is 6.54 Å². The van der Waals surface area contributed by atoms with Gasteiger partial charge in [-0.05, 0) is 31.9 Å². The molecule has 1 aromatic carbocycles. The van der Waals surface area contributed by atoms with Crippen molar-refractivity contribution in [2.24, 2.45) is 0 Å². The van der Waals surface area contributed by atoms with Gasteiger partial charge in [0.25, 0.3) is 5.91 Å². The highest BCUT2D eigenvalue weighted by atomic mass is 16.3. The van der Waals surface area contributed by atoms with Crippen LogP contribution in [-0.4, -0.2) is 27.3 Å². The van der Waals surface area contributed by atoms with Gasteiger partial charge in [-0.2, -0.15) is 5.10 Å². The van der Waals surface area contributed by atoms with Crippen LogP contribution in [0.4, 0.5) is 0 Å². The van der Waals surface area contributed by atoms with Gasteiger partial charge in [0.2, 0.25) is 0 Å². The van der Waals surface area contributed by atoms with E-state index in [-0.39, 0.29) is 5.91 Å². The molecule has 2 N–H and O–H groups in total. The maximum absolute atomic E-state index is 11.8. The number of aliphatic hydroxyl groups excluding tert-OH is 1. The first-order valence-corrected chi connectivity index (χ1v) is 7.09. The lowest BCUT2D eigenvalue weighted by atomic mass is 10.1. The Hall–Kier alpha value is -2.14. The minimum Gasteiger partial charge on any atom is -0.378 e. The summed E-state index contributed by atoms with van der Waals surface area (Å²) in [6, 6.07) is 10.9. The zero-order valence-corrected chi connectivity index (χ0v) is 12.4. The second-order valence-electron chi connectivity index (χ2n) is 5.11.